The molecule has 0 aromatic heterocycles. The lowest BCUT2D eigenvalue weighted by molar-refractivity contribution is -0.122. The van der Waals surface area contributed by atoms with E-state index in [0.29, 0.717) is 17.9 Å². The Labute approximate surface area is 135 Å². The molecule has 0 atom stereocenters. The molecule has 1 N–H and O–H groups in total. The molecule has 0 bridgehead atoms. The second-order valence-electron chi connectivity index (χ2n) is 4.82. The van der Waals surface area contributed by atoms with Gasteiger partial charge in [0.2, 0.25) is 5.91 Å². The highest BCUT2D eigenvalue weighted by Gasteiger charge is 2.28. The zero-order chi connectivity index (χ0) is 15.9. The van der Waals surface area contributed by atoms with Gasteiger partial charge >= 0.3 is 0 Å². The number of hydrogen-bond acceptors (Lipinski definition) is 3. The predicted molar refractivity (Wildman–Crippen MR) is 85.9 cm³/mol. The standard InChI is InChI=1S/C15H21Cl2NO3/c1-4-15(9-16,10-17)18-14(19)8-11-5-6-12(20-2)13(7-11)21-3/h5-7H,4,8-10H2,1-3H3,(H,18,19). The number of halogens is 2. The van der Waals surface area contributed by atoms with E-state index in [0.717, 1.165) is 5.56 Å². The first-order valence-electron chi connectivity index (χ1n) is 6.68. The summed E-state index contributed by atoms with van der Waals surface area (Å²) in [6, 6.07) is 5.39. The van der Waals surface area contributed by atoms with E-state index < -0.39 is 5.54 Å². The van der Waals surface area contributed by atoms with Crippen LogP contribution in [-0.4, -0.2) is 37.4 Å². The van der Waals surface area contributed by atoms with Crippen molar-refractivity contribution in [3.8, 4) is 11.5 Å². The third-order valence-corrected chi connectivity index (χ3v) is 4.43. The van der Waals surface area contributed by atoms with Gasteiger partial charge in [-0.1, -0.05) is 13.0 Å². The van der Waals surface area contributed by atoms with E-state index in [1.807, 2.05) is 13.0 Å². The highest BCUT2D eigenvalue weighted by atomic mass is 35.5. The van der Waals surface area contributed by atoms with E-state index >= 15 is 0 Å². The largest absolute Gasteiger partial charge is 0.493 e. The second kappa shape index (κ2) is 8.35. The van der Waals surface area contributed by atoms with Crippen LogP contribution in [0.25, 0.3) is 0 Å². The van der Waals surface area contributed by atoms with Gasteiger partial charge in [0, 0.05) is 11.8 Å². The molecule has 1 rings (SSSR count). The van der Waals surface area contributed by atoms with Gasteiger partial charge in [-0.15, -0.1) is 23.2 Å². The van der Waals surface area contributed by atoms with Gasteiger partial charge in [-0.2, -0.15) is 0 Å². The molecule has 0 fully saturated rings. The fraction of sp³-hybridized carbons (Fsp3) is 0.533. The predicted octanol–water partition coefficient (Wildman–Crippen LogP) is 2.99. The van der Waals surface area contributed by atoms with Gasteiger partial charge in [0.05, 0.1) is 26.2 Å². The number of nitrogens with one attached hydrogen (secondary N) is 1. The lowest BCUT2D eigenvalue weighted by Crippen LogP contribution is -2.51. The molecule has 0 aliphatic carbocycles. The van der Waals surface area contributed by atoms with Gasteiger partial charge in [-0.3, -0.25) is 4.79 Å². The van der Waals surface area contributed by atoms with Crippen molar-refractivity contribution in [2.75, 3.05) is 26.0 Å². The number of carbonyl (C=O) groups is 1. The molecule has 1 amide bonds. The van der Waals surface area contributed by atoms with Gasteiger partial charge in [-0.05, 0) is 24.1 Å². The number of alkyl halides is 2. The van der Waals surface area contributed by atoms with Crippen molar-refractivity contribution in [2.45, 2.75) is 25.3 Å². The van der Waals surface area contributed by atoms with E-state index in [-0.39, 0.29) is 24.1 Å². The molecule has 4 nitrogen and oxygen atoms in total. The first kappa shape index (κ1) is 17.9. The Balaban J connectivity index is 2.79. The normalized spacial score (nSPS) is 11.1. The van der Waals surface area contributed by atoms with Crippen molar-refractivity contribution in [3.05, 3.63) is 23.8 Å². The molecule has 0 aliphatic heterocycles. The van der Waals surface area contributed by atoms with E-state index in [1.165, 1.54) is 0 Å². The summed E-state index contributed by atoms with van der Waals surface area (Å²) in [6.45, 7) is 1.95. The van der Waals surface area contributed by atoms with Gasteiger partial charge in [0.1, 0.15) is 0 Å². The number of methoxy groups -OCH3 is 2. The van der Waals surface area contributed by atoms with Crippen molar-refractivity contribution < 1.29 is 14.3 Å². The highest BCUT2D eigenvalue weighted by molar-refractivity contribution is 6.22. The Bertz CT molecular complexity index is 468. The third kappa shape index (κ3) is 4.68. The van der Waals surface area contributed by atoms with E-state index in [9.17, 15) is 4.79 Å². The Morgan fingerprint density at radius 1 is 1.19 bits per heavy atom. The molecule has 1 aromatic rings. The SMILES string of the molecule is CCC(CCl)(CCl)NC(=O)Cc1ccc(OC)c(OC)c1. The Morgan fingerprint density at radius 3 is 2.29 bits per heavy atom. The summed E-state index contributed by atoms with van der Waals surface area (Å²) in [5.74, 6) is 1.67. The fourth-order valence-corrected chi connectivity index (χ4v) is 2.69. The lowest BCUT2D eigenvalue weighted by atomic mass is 10.0. The average molecular weight is 334 g/mol. The summed E-state index contributed by atoms with van der Waals surface area (Å²) in [4.78, 5) is 12.2. The van der Waals surface area contributed by atoms with Crippen molar-refractivity contribution in [2.24, 2.45) is 0 Å². The van der Waals surface area contributed by atoms with Crippen molar-refractivity contribution >= 4 is 29.1 Å². The molecule has 118 valence electrons. The number of benzene rings is 1. The molecule has 0 aliphatic rings. The third-order valence-electron chi connectivity index (χ3n) is 3.41. The van der Waals surface area contributed by atoms with Gasteiger partial charge in [-0.25, -0.2) is 0 Å². The van der Waals surface area contributed by atoms with Crippen LogP contribution < -0.4 is 14.8 Å². The van der Waals surface area contributed by atoms with Gasteiger partial charge < -0.3 is 14.8 Å². The summed E-state index contributed by atoms with van der Waals surface area (Å²) in [5, 5.41) is 2.92. The van der Waals surface area contributed by atoms with Crippen LogP contribution in [0.3, 0.4) is 0 Å². The average Bonchev–Trinajstić information content (AvgIpc) is 2.52. The van der Waals surface area contributed by atoms with E-state index in [4.69, 9.17) is 32.7 Å². The summed E-state index contributed by atoms with van der Waals surface area (Å²) >= 11 is 11.8. The molecule has 21 heavy (non-hydrogen) atoms. The molecule has 6 heteroatoms. The molecule has 1 aromatic carbocycles. The second-order valence-corrected chi connectivity index (χ2v) is 5.35. The molecule has 0 radical (unpaired) electrons. The van der Waals surface area contributed by atoms with Gasteiger partial charge in [0.25, 0.3) is 0 Å². The van der Waals surface area contributed by atoms with Crippen molar-refractivity contribution in [3.63, 3.8) is 0 Å². The van der Waals surface area contributed by atoms with Crippen LogP contribution in [-0.2, 0) is 11.2 Å². The number of hydrogen-bond donors (Lipinski definition) is 1. The minimum Gasteiger partial charge on any atom is -0.493 e. The zero-order valence-corrected chi connectivity index (χ0v) is 14.1. The number of ether oxygens (including phenoxy) is 2. The van der Waals surface area contributed by atoms with Gasteiger partial charge in [0.15, 0.2) is 11.5 Å². The quantitative estimate of drug-likeness (QED) is 0.744. The Kier molecular flexibility index (Phi) is 7.12. The molecule has 0 spiro atoms. The van der Waals surface area contributed by atoms with E-state index in [2.05, 4.69) is 5.32 Å². The Morgan fingerprint density at radius 2 is 1.81 bits per heavy atom. The van der Waals surface area contributed by atoms with Crippen LogP contribution in [0.1, 0.15) is 18.9 Å². The fourth-order valence-electron chi connectivity index (χ4n) is 1.90. The minimum atomic E-state index is -0.559. The van der Waals surface area contributed by atoms with Crippen molar-refractivity contribution in [1.82, 2.24) is 5.32 Å². The van der Waals surface area contributed by atoms with Crippen LogP contribution in [0.5, 0.6) is 11.5 Å². The molecule has 0 heterocycles. The first-order valence-corrected chi connectivity index (χ1v) is 7.75. The number of carbonyl (C=O) groups excluding carboxylic acids is 1. The topological polar surface area (TPSA) is 47.6 Å². The first-order chi connectivity index (χ1) is 10.0. The van der Waals surface area contributed by atoms with Crippen molar-refractivity contribution in [1.29, 1.82) is 0 Å². The summed E-state index contributed by atoms with van der Waals surface area (Å²) in [5.41, 5.74) is 0.274. The maximum atomic E-state index is 12.2. The molecule has 0 saturated heterocycles. The molecular formula is C15H21Cl2NO3. The summed E-state index contributed by atoms with van der Waals surface area (Å²) in [6.07, 6.45) is 0.910. The van der Waals surface area contributed by atoms with Crippen LogP contribution >= 0.6 is 23.2 Å². The zero-order valence-electron chi connectivity index (χ0n) is 12.5. The van der Waals surface area contributed by atoms with Crippen LogP contribution in [0, 0.1) is 0 Å². The highest BCUT2D eigenvalue weighted by Crippen LogP contribution is 2.27. The summed E-state index contributed by atoms with van der Waals surface area (Å²) in [7, 11) is 3.13. The number of rotatable bonds is 8. The number of amides is 1. The molecule has 0 unspecified atom stereocenters. The van der Waals surface area contributed by atoms with Crippen LogP contribution in [0.4, 0.5) is 0 Å². The lowest BCUT2D eigenvalue weighted by Gasteiger charge is -2.29. The van der Waals surface area contributed by atoms with Crippen LogP contribution in [0.15, 0.2) is 18.2 Å². The maximum absolute atomic E-state index is 12.2. The molecular weight excluding hydrogens is 313 g/mol. The minimum absolute atomic E-state index is 0.120. The Hall–Kier alpha value is -1.13. The maximum Gasteiger partial charge on any atom is 0.224 e. The summed E-state index contributed by atoms with van der Waals surface area (Å²) < 4.78 is 10.4. The monoisotopic (exact) mass is 333 g/mol. The van der Waals surface area contributed by atoms with E-state index in [1.54, 1.807) is 26.4 Å². The smallest absolute Gasteiger partial charge is 0.224 e. The van der Waals surface area contributed by atoms with Crippen LogP contribution in [0.2, 0.25) is 0 Å². The molecule has 0 saturated carbocycles.